The maximum absolute atomic E-state index is 8.30. The van der Waals surface area contributed by atoms with Crippen molar-refractivity contribution >= 4 is 5.71 Å². The maximum Gasteiger partial charge on any atom is 0.0179 e. The zero-order valence-electron chi connectivity index (χ0n) is 10.6. The first-order chi connectivity index (χ1) is 7.00. The summed E-state index contributed by atoms with van der Waals surface area (Å²) in [4.78, 5) is 0. The number of allylic oxidation sites excluding steroid dienone is 2. The molecule has 2 atom stereocenters. The molecule has 0 bridgehead atoms. The second kappa shape index (κ2) is 4.96. The molecule has 0 spiro atoms. The molecule has 0 aromatic carbocycles. The van der Waals surface area contributed by atoms with Gasteiger partial charge in [-0.3, -0.25) is 0 Å². The third-order valence-electron chi connectivity index (χ3n) is 3.98. The summed E-state index contributed by atoms with van der Waals surface area (Å²) in [7, 11) is 0. The van der Waals surface area contributed by atoms with E-state index in [0.29, 0.717) is 11.8 Å². The summed E-state index contributed by atoms with van der Waals surface area (Å²) in [6.07, 6.45) is 9.48. The van der Waals surface area contributed by atoms with Crippen molar-refractivity contribution < 1.29 is 0 Å². The summed E-state index contributed by atoms with van der Waals surface area (Å²) >= 11 is 0. The van der Waals surface area contributed by atoms with E-state index in [2.05, 4.69) is 39.8 Å². The van der Waals surface area contributed by atoms with Crippen molar-refractivity contribution in [3.05, 3.63) is 12.2 Å². The van der Waals surface area contributed by atoms with E-state index in [1.54, 1.807) is 0 Å². The molecule has 0 aromatic rings. The molecule has 0 aliphatic heterocycles. The molecule has 1 nitrogen and oxygen atoms in total. The van der Waals surface area contributed by atoms with Gasteiger partial charge in [0.2, 0.25) is 0 Å². The van der Waals surface area contributed by atoms with Gasteiger partial charge in [0.25, 0.3) is 0 Å². The van der Waals surface area contributed by atoms with Gasteiger partial charge in [-0.15, -0.1) is 0 Å². The minimum Gasteiger partial charge on any atom is -0.309 e. The highest BCUT2D eigenvalue weighted by Gasteiger charge is 2.34. The van der Waals surface area contributed by atoms with Crippen molar-refractivity contribution in [2.75, 3.05) is 0 Å². The molecule has 86 valence electrons. The molecule has 1 aliphatic rings. The average molecular weight is 207 g/mol. The fourth-order valence-electron chi connectivity index (χ4n) is 2.45. The van der Waals surface area contributed by atoms with Crippen molar-refractivity contribution in [1.29, 1.82) is 5.41 Å². The third-order valence-corrected chi connectivity index (χ3v) is 3.98. The molecule has 2 unspecified atom stereocenters. The fraction of sp³-hybridized carbons (Fsp3) is 0.786. The molecule has 1 aliphatic carbocycles. The lowest BCUT2D eigenvalue weighted by Gasteiger charge is -2.37. The summed E-state index contributed by atoms with van der Waals surface area (Å²) in [5.41, 5.74) is 0.980. The van der Waals surface area contributed by atoms with Crippen molar-refractivity contribution in [2.24, 2.45) is 17.3 Å². The topological polar surface area (TPSA) is 23.9 Å². The van der Waals surface area contributed by atoms with Gasteiger partial charge in [0.1, 0.15) is 0 Å². The molecule has 0 fully saturated rings. The van der Waals surface area contributed by atoms with Crippen LogP contribution in [0.2, 0.25) is 0 Å². The Bertz CT molecular complexity index is 250. The second-order valence-corrected chi connectivity index (χ2v) is 5.41. The molecule has 0 aromatic heterocycles. The van der Waals surface area contributed by atoms with Crippen LogP contribution in [0.3, 0.4) is 0 Å². The lowest BCUT2D eigenvalue weighted by molar-refractivity contribution is 0.323. The van der Waals surface area contributed by atoms with E-state index in [0.717, 1.165) is 12.1 Å². The number of hydrogen-bond acceptors (Lipinski definition) is 1. The molecule has 0 amide bonds. The van der Waals surface area contributed by atoms with Gasteiger partial charge in [-0.2, -0.15) is 0 Å². The Morgan fingerprint density at radius 1 is 1.53 bits per heavy atom. The van der Waals surface area contributed by atoms with Gasteiger partial charge in [0.05, 0.1) is 0 Å². The average Bonchev–Trinajstić information content (AvgIpc) is 2.28. The van der Waals surface area contributed by atoms with E-state index in [9.17, 15) is 0 Å². The van der Waals surface area contributed by atoms with Gasteiger partial charge in [-0.05, 0) is 37.5 Å². The Labute approximate surface area is 94.5 Å². The van der Waals surface area contributed by atoms with E-state index in [-0.39, 0.29) is 5.41 Å². The van der Waals surface area contributed by atoms with Gasteiger partial charge in [-0.1, -0.05) is 39.8 Å². The highest BCUT2D eigenvalue weighted by atomic mass is 14.5. The van der Waals surface area contributed by atoms with Gasteiger partial charge < -0.3 is 5.41 Å². The monoisotopic (exact) mass is 207 g/mol. The highest BCUT2D eigenvalue weighted by Crippen LogP contribution is 2.37. The first-order valence-corrected chi connectivity index (χ1v) is 6.25. The predicted molar refractivity (Wildman–Crippen MR) is 67.4 cm³/mol. The zero-order valence-corrected chi connectivity index (χ0v) is 10.6. The summed E-state index contributed by atoms with van der Waals surface area (Å²) < 4.78 is 0. The molecular weight excluding hydrogens is 182 g/mol. The SMILES string of the molecule is CCC(C)C(=N)C(C)(C)C1C=CCCC1. The number of hydrogen-bond donors (Lipinski definition) is 1. The lowest BCUT2D eigenvalue weighted by atomic mass is 9.68. The summed E-state index contributed by atoms with van der Waals surface area (Å²) in [5, 5.41) is 8.30. The lowest BCUT2D eigenvalue weighted by Crippen LogP contribution is -2.35. The van der Waals surface area contributed by atoms with Gasteiger partial charge in [0.15, 0.2) is 0 Å². The molecule has 0 heterocycles. The largest absolute Gasteiger partial charge is 0.309 e. The van der Waals surface area contributed by atoms with Crippen LogP contribution in [0.25, 0.3) is 0 Å². The summed E-state index contributed by atoms with van der Waals surface area (Å²) in [6, 6.07) is 0. The molecule has 15 heavy (non-hydrogen) atoms. The molecule has 0 saturated carbocycles. The molecule has 1 heteroatoms. The highest BCUT2D eigenvalue weighted by molar-refractivity contribution is 5.89. The number of nitrogens with one attached hydrogen (secondary N) is 1. The fourth-order valence-corrected chi connectivity index (χ4v) is 2.45. The van der Waals surface area contributed by atoms with Gasteiger partial charge in [-0.25, -0.2) is 0 Å². The van der Waals surface area contributed by atoms with Crippen LogP contribution in [-0.4, -0.2) is 5.71 Å². The minimum atomic E-state index is 0.0480. The van der Waals surface area contributed by atoms with Crippen molar-refractivity contribution in [3.8, 4) is 0 Å². The number of rotatable bonds is 4. The predicted octanol–water partition coefficient (Wildman–Crippen LogP) is 4.43. The van der Waals surface area contributed by atoms with Crippen LogP contribution < -0.4 is 0 Å². The van der Waals surface area contributed by atoms with Gasteiger partial charge in [0, 0.05) is 11.1 Å². The van der Waals surface area contributed by atoms with E-state index >= 15 is 0 Å². The van der Waals surface area contributed by atoms with Crippen LogP contribution in [-0.2, 0) is 0 Å². The van der Waals surface area contributed by atoms with Gasteiger partial charge >= 0.3 is 0 Å². The van der Waals surface area contributed by atoms with E-state index < -0.39 is 0 Å². The van der Waals surface area contributed by atoms with Crippen LogP contribution in [0.1, 0.15) is 53.4 Å². The van der Waals surface area contributed by atoms with Crippen LogP contribution in [0.4, 0.5) is 0 Å². The Kier molecular flexibility index (Phi) is 4.12. The second-order valence-electron chi connectivity index (χ2n) is 5.41. The van der Waals surface area contributed by atoms with E-state index in [4.69, 9.17) is 5.41 Å². The Morgan fingerprint density at radius 3 is 2.67 bits per heavy atom. The quantitative estimate of drug-likeness (QED) is 0.521. The normalized spacial score (nSPS) is 23.9. The Balaban J connectivity index is 2.76. The van der Waals surface area contributed by atoms with Crippen molar-refractivity contribution in [2.45, 2.75) is 53.4 Å². The Morgan fingerprint density at radius 2 is 2.20 bits per heavy atom. The van der Waals surface area contributed by atoms with E-state index in [1.165, 1.54) is 19.3 Å². The maximum atomic E-state index is 8.30. The van der Waals surface area contributed by atoms with Crippen molar-refractivity contribution in [1.82, 2.24) is 0 Å². The Hall–Kier alpha value is -0.590. The summed E-state index contributed by atoms with van der Waals surface area (Å²) in [6.45, 7) is 8.83. The zero-order chi connectivity index (χ0) is 11.5. The summed E-state index contributed by atoms with van der Waals surface area (Å²) in [5.74, 6) is 1.00. The first kappa shape index (κ1) is 12.5. The minimum absolute atomic E-state index is 0.0480. The van der Waals surface area contributed by atoms with Crippen LogP contribution in [0.15, 0.2) is 12.2 Å². The third kappa shape index (κ3) is 2.70. The van der Waals surface area contributed by atoms with Crippen molar-refractivity contribution in [3.63, 3.8) is 0 Å². The molecule has 0 saturated heterocycles. The smallest absolute Gasteiger partial charge is 0.0179 e. The molecule has 1 rings (SSSR count). The van der Waals surface area contributed by atoms with Crippen LogP contribution >= 0.6 is 0 Å². The molecule has 1 N–H and O–H groups in total. The first-order valence-electron chi connectivity index (χ1n) is 6.25. The molecule has 0 radical (unpaired) electrons. The van der Waals surface area contributed by atoms with Crippen LogP contribution in [0.5, 0.6) is 0 Å². The molecular formula is C14H25N. The van der Waals surface area contributed by atoms with Crippen LogP contribution in [0, 0.1) is 22.7 Å². The van der Waals surface area contributed by atoms with E-state index in [1.807, 2.05) is 0 Å². The standard InChI is InChI=1S/C14H25N/c1-5-11(2)13(15)14(3,4)12-9-7-6-8-10-12/h7,9,11-12,15H,5-6,8,10H2,1-4H3.